The highest BCUT2D eigenvalue weighted by Crippen LogP contribution is 2.65. The molecule has 0 N–H and O–H groups in total. The molecule has 0 aromatic heterocycles. The molecule has 2 fully saturated rings. The molecule has 7 atom stereocenters. The van der Waals surface area contributed by atoms with E-state index in [1.807, 2.05) is 0 Å². The Morgan fingerprint density at radius 1 is 1.13 bits per heavy atom. The summed E-state index contributed by atoms with van der Waals surface area (Å²) in [6.07, 6.45) is 18.0. The van der Waals surface area contributed by atoms with E-state index in [2.05, 4.69) is 46.8 Å². The molecule has 2 saturated carbocycles. The molecule has 0 spiro atoms. The van der Waals surface area contributed by atoms with Crippen LogP contribution in [-0.4, -0.2) is 12.1 Å². The van der Waals surface area contributed by atoms with E-state index in [4.69, 9.17) is 4.74 Å². The van der Waals surface area contributed by atoms with E-state index in [9.17, 15) is 4.79 Å². The van der Waals surface area contributed by atoms with Crippen LogP contribution in [0, 0.1) is 40.4 Å². The molecular formula is C29H46O2. The zero-order valence-corrected chi connectivity index (χ0v) is 21.0. The molecular weight excluding hydrogens is 380 g/mol. The second-order valence-electron chi connectivity index (χ2n) is 12.3. The van der Waals surface area contributed by atoms with Crippen LogP contribution < -0.4 is 0 Å². The average molecular weight is 427 g/mol. The van der Waals surface area contributed by atoms with Gasteiger partial charge in [0, 0.05) is 18.8 Å². The summed E-state index contributed by atoms with van der Waals surface area (Å²) in [5.41, 5.74) is 4.00. The van der Waals surface area contributed by atoms with Gasteiger partial charge in [-0.05, 0) is 73.5 Å². The van der Waals surface area contributed by atoms with Crippen LogP contribution in [0.3, 0.4) is 0 Å². The zero-order chi connectivity index (χ0) is 22.4. The lowest BCUT2D eigenvalue weighted by Crippen LogP contribution is -2.45. The van der Waals surface area contributed by atoms with Crippen molar-refractivity contribution in [2.45, 2.75) is 112 Å². The summed E-state index contributed by atoms with van der Waals surface area (Å²) in [6.45, 7) is 13.9. The van der Waals surface area contributed by atoms with Crippen LogP contribution in [0.2, 0.25) is 0 Å². The lowest BCUT2D eigenvalue weighted by Gasteiger charge is -2.54. The highest BCUT2D eigenvalue weighted by Gasteiger charge is 2.56. The third-order valence-electron chi connectivity index (χ3n) is 9.97. The van der Waals surface area contributed by atoms with Gasteiger partial charge in [-0.25, -0.2) is 0 Å². The molecule has 4 aliphatic rings. The topological polar surface area (TPSA) is 26.3 Å². The molecule has 0 aliphatic heterocycles. The molecule has 0 saturated heterocycles. The van der Waals surface area contributed by atoms with Crippen molar-refractivity contribution < 1.29 is 9.53 Å². The molecule has 0 radical (unpaired) electrons. The minimum absolute atomic E-state index is 0.0883. The van der Waals surface area contributed by atoms with E-state index in [-0.39, 0.29) is 17.5 Å². The van der Waals surface area contributed by atoms with Crippen molar-refractivity contribution in [3.63, 3.8) is 0 Å². The quantitative estimate of drug-likeness (QED) is 0.319. The summed E-state index contributed by atoms with van der Waals surface area (Å²) in [5.74, 6) is 4.04. The van der Waals surface area contributed by atoms with Crippen LogP contribution in [-0.2, 0) is 9.53 Å². The van der Waals surface area contributed by atoms with Crippen LogP contribution in [0.1, 0.15) is 106 Å². The number of rotatable bonds is 6. The van der Waals surface area contributed by atoms with Crippen LogP contribution in [0.25, 0.3) is 0 Å². The van der Waals surface area contributed by atoms with Crippen LogP contribution in [0.15, 0.2) is 23.3 Å². The number of hydrogen-bond donors (Lipinski definition) is 0. The second-order valence-corrected chi connectivity index (χ2v) is 12.3. The third kappa shape index (κ3) is 4.18. The number of allylic oxidation sites excluding steroid dienone is 3. The first-order valence-corrected chi connectivity index (χ1v) is 13.2. The number of esters is 1. The fourth-order valence-corrected chi connectivity index (χ4v) is 8.29. The predicted octanol–water partition coefficient (Wildman–Crippen LogP) is 7.88. The first-order valence-electron chi connectivity index (χ1n) is 13.2. The molecule has 0 unspecified atom stereocenters. The van der Waals surface area contributed by atoms with Crippen molar-refractivity contribution in [2.75, 3.05) is 0 Å². The molecule has 2 nitrogen and oxygen atoms in total. The van der Waals surface area contributed by atoms with Crippen molar-refractivity contribution in [2.24, 2.45) is 40.4 Å². The minimum atomic E-state index is -0.130. The summed E-state index contributed by atoms with van der Waals surface area (Å²) >= 11 is 0. The van der Waals surface area contributed by atoms with E-state index >= 15 is 0 Å². The van der Waals surface area contributed by atoms with Gasteiger partial charge in [0.25, 0.3) is 0 Å². The van der Waals surface area contributed by atoms with Crippen molar-refractivity contribution >= 4 is 5.97 Å². The average Bonchev–Trinajstić information content (AvgIpc) is 3.05. The first kappa shape index (κ1) is 23.1. The van der Waals surface area contributed by atoms with Gasteiger partial charge in [-0.2, -0.15) is 0 Å². The van der Waals surface area contributed by atoms with Gasteiger partial charge < -0.3 is 4.74 Å². The van der Waals surface area contributed by atoms with Gasteiger partial charge in [-0.1, -0.05) is 77.2 Å². The fraction of sp³-hybridized carbons (Fsp3) is 0.828. The molecule has 0 heterocycles. The van der Waals surface area contributed by atoms with E-state index < -0.39 is 0 Å². The maximum Gasteiger partial charge on any atom is 0.302 e. The Morgan fingerprint density at radius 2 is 1.90 bits per heavy atom. The van der Waals surface area contributed by atoms with Crippen molar-refractivity contribution in [1.29, 1.82) is 0 Å². The van der Waals surface area contributed by atoms with Crippen molar-refractivity contribution in [3.8, 4) is 0 Å². The largest absolute Gasteiger partial charge is 0.462 e. The van der Waals surface area contributed by atoms with E-state index in [0.717, 1.165) is 48.9 Å². The molecule has 31 heavy (non-hydrogen) atoms. The van der Waals surface area contributed by atoms with E-state index in [1.54, 1.807) is 18.1 Å². The number of fused-ring (bicyclic) bond motifs is 5. The molecule has 0 aromatic rings. The Labute approximate surface area is 191 Å². The SMILES string of the molecule is CC(=O)O[C@H]1CC[C@@]2(C)C(=CC[C@@H]3C2=CC[C@]2(C)[C@@H]([C@H](C)CCCC(C)C)CC[C@@H]32)C1. The number of hydrogen-bond acceptors (Lipinski definition) is 2. The maximum absolute atomic E-state index is 11.5. The molecule has 174 valence electrons. The second kappa shape index (κ2) is 8.71. The summed E-state index contributed by atoms with van der Waals surface area (Å²) in [5, 5.41) is 0. The Bertz CT molecular complexity index is 746. The number of carbonyl (C=O) groups is 1. The monoisotopic (exact) mass is 426 g/mol. The third-order valence-corrected chi connectivity index (χ3v) is 9.97. The van der Waals surface area contributed by atoms with Crippen LogP contribution in [0.5, 0.6) is 0 Å². The van der Waals surface area contributed by atoms with Crippen molar-refractivity contribution in [1.82, 2.24) is 0 Å². The minimum Gasteiger partial charge on any atom is -0.462 e. The normalized spacial score (nSPS) is 40.4. The first-order chi connectivity index (χ1) is 14.6. The van der Waals surface area contributed by atoms with Gasteiger partial charge in [0.05, 0.1) is 0 Å². The number of ether oxygens (including phenoxy) is 1. The Balaban J connectivity index is 1.50. The zero-order valence-electron chi connectivity index (χ0n) is 21.0. The summed E-state index contributed by atoms with van der Waals surface area (Å²) in [4.78, 5) is 11.5. The molecule has 4 rings (SSSR count). The standard InChI is InChI=1S/C29H46O2/c1-19(2)8-7-9-20(3)25-12-13-26-24-11-10-22-18-23(31-21(4)30)14-16-28(22,5)27(24)15-17-29(25,26)6/h10,15,19-20,23-26H,7-9,11-14,16-18H2,1-6H3/t20-,23+,24+,25-,26+,28+,29-/m1/s1. The summed E-state index contributed by atoms with van der Waals surface area (Å²) in [6, 6.07) is 0. The van der Waals surface area contributed by atoms with Gasteiger partial charge in [0.2, 0.25) is 0 Å². The van der Waals surface area contributed by atoms with Gasteiger partial charge in [0.15, 0.2) is 0 Å². The van der Waals surface area contributed by atoms with Gasteiger partial charge >= 0.3 is 5.97 Å². The Morgan fingerprint density at radius 3 is 2.61 bits per heavy atom. The maximum atomic E-state index is 11.5. The van der Waals surface area contributed by atoms with E-state index in [1.165, 1.54) is 44.9 Å². The lowest BCUT2D eigenvalue weighted by atomic mass is 9.51. The summed E-state index contributed by atoms with van der Waals surface area (Å²) in [7, 11) is 0. The van der Waals surface area contributed by atoms with Crippen LogP contribution in [0.4, 0.5) is 0 Å². The smallest absolute Gasteiger partial charge is 0.302 e. The Hall–Kier alpha value is -1.05. The number of carbonyl (C=O) groups excluding carboxylic acids is 1. The summed E-state index contributed by atoms with van der Waals surface area (Å²) < 4.78 is 5.59. The van der Waals surface area contributed by atoms with Gasteiger partial charge in [-0.3, -0.25) is 4.79 Å². The van der Waals surface area contributed by atoms with E-state index in [0.29, 0.717) is 5.41 Å². The van der Waals surface area contributed by atoms with Crippen LogP contribution >= 0.6 is 0 Å². The molecule has 0 bridgehead atoms. The molecule has 2 heteroatoms. The fourth-order valence-electron chi connectivity index (χ4n) is 8.29. The van der Waals surface area contributed by atoms with Crippen molar-refractivity contribution in [3.05, 3.63) is 23.3 Å². The highest BCUT2D eigenvalue weighted by molar-refractivity contribution is 5.66. The van der Waals surface area contributed by atoms with Gasteiger partial charge in [0.1, 0.15) is 6.10 Å². The molecule has 0 aromatic carbocycles. The molecule has 4 aliphatic carbocycles. The molecule has 0 amide bonds. The van der Waals surface area contributed by atoms with Gasteiger partial charge in [-0.15, -0.1) is 0 Å². The predicted molar refractivity (Wildman–Crippen MR) is 129 cm³/mol. The Kier molecular flexibility index (Phi) is 6.50. The highest BCUT2D eigenvalue weighted by atomic mass is 16.5. The lowest BCUT2D eigenvalue weighted by molar-refractivity contribution is -0.147.